The molecule has 0 spiro atoms. The molecule has 0 bridgehead atoms. The van der Waals surface area contributed by atoms with Gasteiger partial charge in [0.2, 0.25) is 26.0 Å². The molecule has 1 saturated heterocycles. The van der Waals surface area contributed by atoms with E-state index in [4.69, 9.17) is 4.74 Å². The molecule has 3 aromatic carbocycles. The number of aryl methyl sites for hydroxylation is 3. The molecule has 1 amide bonds. The average molecular weight is 586 g/mol. The third-order valence-electron chi connectivity index (χ3n) is 6.77. The molecule has 0 aliphatic carbocycles. The minimum Gasteiger partial charge on any atom is -0.379 e. The normalized spacial score (nSPS) is 15.5. The fourth-order valence-corrected chi connectivity index (χ4v) is 7.96. The zero-order valence-electron chi connectivity index (χ0n) is 22.9. The number of amides is 1. The Morgan fingerprint density at radius 1 is 0.875 bits per heavy atom. The molecule has 1 unspecified atom stereocenters. The highest BCUT2D eigenvalue weighted by Gasteiger charge is 2.29. The van der Waals surface area contributed by atoms with Gasteiger partial charge in [0.15, 0.2) is 0 Å². The van der Waals surface area contributed by atoms with E-state index >= 15 is 0 Å². The van der Waals surface area contributed by atoms with Crippen molar-refractivity contribution < 1.29 is 26.4 Å². The molecular weight excluding hydrogens is 550 g/mol. The third kappa shape index (κ3) is 7.15. The summed E-state index contributed by atoms with van der Waals surface area (Å²) in [7, 11) is -7.63. The molecule has 4 rings (SSSR count). The maximum absolute atomic E-state index is 13.5. The monoisotopic (exact) mass is 585 g/mol. The molecule has 1 fully saturated rings. The third-order valence-corrected chi connectivity index (χ3v) is 10.5. The fourth-order valence-electron chi connectivity index (χ4n) is 4.90. The number of carbonyl (C=O) groups is 1. The van der Waals surface area contributed by atoms with Gasteiger partial charge in [-0.25, -0.2) is 16.8 Å². The number of morpholine rings is 1. The molecule has 11 heteroatoms. The molecule has 2 N–H and O–H groups in total. The molecule has 0 aromatic heterocycles. The Hall–Kier alpha value is -3.09. The van der Waals surface area contributed by atoms with Crippen molar-refractivity contribution >= 4 is 26.0 Å². The van der Waals surface area contributed by atoms with Crippen LogP contribution in [0.15, 0.2) is 76.5 Å². The highest BCUT2D eigenvalue weighted by molar-refractivity contribution is 7.89. The van der Waals surface area contributed by atoms with E-state index < -0.39 is 32.0 Å². The van der Waals surface area contributed by atoms with Crippen LogP contribution in [-0.2, 0) is 42.5 Å². The second-order valence-electron chi connectivity index (χ2n) is 9.97. The Morgan fingerprint density at radius 2 is 1.48 bits per heavy atom. The Balaban J connectivity index is 1.50. The van der Waals surface area contributed by atoms with E-state index in [0.29, 0.717) is 43.0 Å². The van der Waals surface area contributed by atoms with Gasteiger partial charge in [-0.05, 0) is 61.6 Å². The van der Waals surface area contributed by atoms with Crippen molar-refractivity contribution in [2.75, 3.05) is 26.3 Å². The number of ether oxygens (including phenoxy) is 1. The zero-order valence-corrected chi connectivity index (χ0v) is 24.5. The van der Waals surface area contributed by atoms with Crippen molar-refractivity contribution in [3.05, 3.63) is 94.5 Å². The maximum Gasteiger partial charge on any atom is 0.243 e. The SMILES string of the molecule is Cc1cc(C)c(S(=O)(=O)NC(Cc2ccccc2)C(=O)NCc2ccc(S(=O)(=O)N3CCOCC3)cc2)c(C)c1. The maximum atomic E-state index is 13.5. The second kappa shape index (κ2) is 12.6. The van der Waals surface area contributed by atoms with Crippen LogP contribution in [0.4, 0.5) is 0 Å². The molecule has 1 aliphatic heterocycles. The first-order chi connectivity index (χ1) is 19.0. The van der Waals surface area contributed by atoms with Crippen molar-refractivity contribution in [1.29, 1.82) is 0 Å². The van der Waals surface area contributed by atoms with Crippen LogP contribution in [0, 0.1) is 20.8 Å². The molecule has 1 heterocycles. The Kier molecular flexibility index (Phi) is 9.42. The van der Waals surface area contributed by atoms with E-state index in [1.54, 1.807) is 38.1 Å². The number of rotatable bonds is 10. The molecular formula is C29H35N3O6S2. The fraction of sp³-hybridized carbons (Fsp3) is 0.345. The molecule has 214 valence electrons. The van der Waals surface area contributed by atoms with E-state index in [9.17, 15) is 21.6 Å². The lowest BCUT2D eigenvalue weighted by Crippen LogP contribution is -2.48. The van der Waals surface area contributed by atoms with Gasteiger partial charge in [-0.3, -0.25) is 4.79 Å². The van der Waals surface area contributed by atoms with Gasteiger partial charge in [0.25, 0.3) is 0 Å². The number of carbonyl (C=O) groups excluding carboxylic acids is 1. The number of sulfonamides is 2. The summed E-state index contributed by atoms with van der Waals surface area (Å²) in [4.78, 5) is 13.7. The smallest absolute Gasteiger partial charge is 0.243 e. The van der Waals surface area contributed by atoms with Gasteiger partial charge < -0.3 is 10.1 Å². The quantitative estimate of drug-likeness (QED) is 0.378. The molecule has 3 aromatic rings. The number of hydrogen-bond donors (Lipinski definition) is 2. The summed E-state index contributed by atoms with van der Waals surface area (Å²) in [5.41, 5.74) is 3.66. The number of nitrogens with one attached hydrogen (secondary N) is 2. The molecule has 1 aliphatic rings. The lowest BCUT2D eigenvalue weighted by Gasteiger charge is -2.26. The Bertz CT molecular complexity index is 1530. The Labute approximate surface area is 236 Å². The summed E-state index contributed by atoms with van der Waals surface area (Å²) < 4.78 is 62.0. The lowest BCUT2D eigenvalue weighted by atomic mass is 10.1. The molecule has 9 nitrogen and oxygen atoms in total. The van der Waals surface area contributed by atoms with E-state index in [2.05, 4.69) is 10.0 Å². The summed E-state index contributed by atoms with van der Waals surface area (Å²) in [6.07, 6.45) is 0.159. The van der Waals surface area contributed by atoms with E-state index in [1.807, 2.05) is 37.3 Å². The van der Waals surface area contributed by atoms with Crippen molar-refractivity contribution in [2.45, 2.75) is 49.6 Å². The van der Waals surface area contributed by atoms with Crippen molar-refractivity contribution in [1.82, 2.24) is 14.3 Å². The summed E-state index contributed by atoms with van der Waals surface area (Å²) >= 11 is 0. The second-order valence-corrected chi connectivity index (χ2v) is 13.6. The van der Waals surface area contributed by atoms with Crippen LogP contribution < -0.4 is 10.0 Å². The number of benzene rings is 3. The molecule has 1 atom stereocenters. The number of nitrogens with zero attached hydrogens (tertiary/aromatic N) is 1. The summed E-state index contributed by atoms with van der Waals surface area (Å²) in [5, 5.41) is 2.81. The van der Waals surface area contributed by atoms with E-state index in [-0.39, 0.29) is 22.8 Å². The van der Waals surface area contributed by atoms with Gasteiger partial charge in [0.05, 0.1) is 23.0 Å². The van der Waals surface area contributed by atoms with Gasteiger partial charge in [0.1, 0.15) is 6.04 Å². The zero-order chi connectivity index (χ0) is 28.9. The van der Waals surface area contributed by atoms with E-state index in [1.165, 1.54) is 16.4 Å². The highest BCUT2D eigenvalue weighted by atomic mass is 32.2. The topological polar surface area (TPSA) is 122 Å². The highest BCUT2D eigenvalue weighted by Crippen LogP contribution is 2.23. The van der Waals surface area contributed by atoms with Crippen LogP contribution >= 0.6 is 0 Å². The van der Waals surface area contributed by atoms with Gasteiger partial charge in [-0.2, -0.15) is 9.03 Å². The predicted molar refractivity (Wildman–Crippen MR) is 153 cm³/mol. The molecule has 0 radical (unpaired) electrons. The van der Waals surface area contributed by atoms with Crippen LogP contribution in [0.5, 0.6) is 0 Å². The average Bonchev–Trinajstić information content (AvgIpc) is 2.92. The van der Waals surface area contributed by atoms with Gasteiger partial charge in [-0.15, -0.1) is 0 Å². The van der Waals surface area contributed by atoms with Crippen molar-refractivity contribution in [2.24, 2.45) is 0 Å². The lowest BCUT2D eigenvalue weighted by molar-refractivity contribution is -0.122. The van der Waals surface area contributed by atoms with Crippen LogP contribution in [0.2, 0.25) is 0 Å². The van der Waals surface area contributed by atoms with Gasteiger partial charge >= 0.3 is 0 Å². The van der Waals surface area contributed by atoms with E-state index in [0.717, 1.165) is 11.1 Å². The molecule has 0 saturated carbocycles. The predicted octanol–water partition coefficient (Wildman–Crippen LogP) is 2.84. The van der Waals surface area contributed by atoms with Crippen LogP contribution in [0.1, 0.15) is 27.8 Å². The first kappa shape index (κ1) is 29.9. The van der Waals surface area contributed by atoms with Crippen LogP contribution in [0.25, 0.3) is 0 Å². The summed E-state index contributed by atoms with van der Waals surface area (Å²) in [5.74, 6) is -0.486. The van der Waals surface area contributed by atoms with Crippen LogP contribution in [0.3, 0.4) is 0 Å². The minimum absolute atomic E-state index is 0.103. The van der Waals surface area contributed by atoms with Crippen LogP contribution in [-0.4, -0.2) is 59.4 Å². The minimum atomic E-state index is -4.01. The number of hydrogen-bond acceptors (Lipinski definition) is 6. The van der Waals surface area contributed by atoms with Crippen molar-refractivity contribution in [3.8, 4) is 0 Å². The first-order valence-corrected chi connectivity index (χ1v) is 16.0. The first-order valence-electron chi connectivity index (χ1n) is 13.1. The summed E-state index contributed by atoms with van der Waals surface area (Å²) in [6.45, 7) is 6.82. The molecule has 40 heavy (non-hydrogen) atoms. The largest absolute Gasteiger partial charge is 0.379 e. The van der Waals surface area contributed by atoms with Gasteiger partial charge in [-0.1, -0.05) is 60.2 Å². The van der Waals surface area contributed by atoms with Crippen molar-refractivity contribution in [3.63, 3.8) is 0 Å². The standard InChI is InChI=1S/C29H35N3O6S2/c1-21-17-22(2)28(23(3)18-21)39(34,35)31-27(19-24-7-5-4-6-8-24)29(33)30-20-25-9-11-26(12-10-25)40(36,37)32-13-15-38-16-14-32/h4-12,17-18,27,31H,13-16,19-20H2,1-3H3,(H,30,33). The summed E-state index contributed by atoms with van der Waals surface area (Å²) in [6, 6.07) is 18.0. The Morgan fingerprint density at radius 3 is 2.08 bits per heavy atom. The van der Waals surface area contributed by atoms with Gasteiger partial charge in [0, 0.05) is 19.6 Å².